The van der Waals surface area contributed by atoms with Gasteiger partial charge in [0.25, 0.3) is 0 Å². The first-order chi connectivity index (χ1) is 8.15. The SMILES string of the molecule is NCC(O)C(O)c1cccc2c(=O)cc[nH]c12. The number of aliphatic hydroxyl groups is 2. The van der Waals surface area contributed by atoms with Crippen LogP contribution in [0.2, 0.25) is 0 Å². The summed E-state index contributed by atoms with van der Waals surface area (Å²) >= 11 is 0. The van der Waals surface area contributed by atoms with Crippen molar-refractivity contribution in [1.29, 1.82) is 0 Å². The molecule has 0 fully saturated rings. The topological polar surface area (TPSA) is 99.3 Å². The van der Waals surface area contributed by atoms with E-state index >= 15 is 0 Å². The standard InChI is InChI=1S/C12H14N2O3/c13-6-10(16)12(17)8-3-1-2-7-9(15)4-5-14-11(7)8/h1-5,10,12,16-17H,6,13H2,(H,14,15). The van der Waals surface area contributed by atoms with Gasteiger partial charge in [-0.25, -0.2) is 0 Å². The maximum atomic E-state index is 11.6. The molecule has 5 heteroatoms. The molecular weight excluding hydrogens is 220 g/mol. The third kappa shape index (κ3) is 2.08. The van der Waals surface area contributed by atoms with Crippen LogP contribution in [-0.2, 0) is 0 Å². The molecule has 90 valence electrons. The summed E-state index contributed by atoms with van der Waals surface area (Å²) in [6, 6.07) is 6.40. The van der Waals surface area contributed by atoms with E-state index in [2.05, 4.69) is 4.98 Å². The molecule has 2 aromatic rings. The average molecular weight is 234 g/mol. The van der Waals surface area contributed by atoms with E-state index in [0.29, 0.717) is 16.5 Å². The Morgan fingerprint density at radius 3 is 2.76 bits per heavy atom. The summed E-state index contributed by atoms with van der Waals surface area (Å²) in [7, 11) is 0. The zero-order valence-corrected chi connectivity index (χ0v) is 9.13. The van der Waals surface area contributed by atoms with Crippen LogP contribution in [-0.4, -0.2) is 27.8 Å². The van der Waals surface area contributed by atoms with Gasteiger partial charge in [0, 0.05) is 29.8 Å². The fourth-order valence-electron chi connectivity index (χ4n) is 1.81. The quantitative estimate of drug-likeness (QED) is 0.595. The van der Waals surface area contributed by atoms with Crippen molar-refractivity contribution in [2.75, 3.05) is 6.54 Å². The van der Waals surface area contributed by atoms with Gasteiger partial charge in [0.15, 0.2) is 5.43 Å². The molecule has 2 rings (SSSR count). The van der Waals surface area contributed by atoms with Crippen molar-refractivity contribution in [1.82, 2.24) is 4.98 Å². The fraction of sp³-hybridized carbons (Fsp3) is 0.250. The Balaban J connectivity index is 2.63. The van der Waals surface area contributed by atoms with Crippen LogP contribution in [0.1, 0.15) is 11.7 Å². The lowest BCUT2D eigenvalue weighted by molar-refractivity contribution is 0.0251. The predicted molar refractivity (Wildman–Crippen MR) is 64.6 cm³/mol. The van der Waals surface area contributed by atoms with Crippen molar-refractivity contribution in [2.45, 2.75) is 12.2 Å². The normalized spacial score (nSPS) is 14.8. The van der Waals surface area contributed by atoms with Crippen molar-refractivity contribution < 1.29 is 10.2 Å². The maximum Gasteiger partial charge on any atom is 0.189 e. The summed E-state index contributed by atoms with van der Waals surface area (Å²) in [6.07, 6.45) is -0.651. The first kappa shape index (κ1) is 11.8. The van der Waals surface area contributed by atoms with Crippen molar-refractivity contribution >= 4 is 10.9 Å². The van der Waals surface area contributed by atoms with Gasteiger partial charge in [-0.1, -0.05) is 12.1 Å². The number of fused-ring (bicyclic) bond motifs is 1. The van der Waals surface area contributed by atoms with Crippen LogP contribution in [0.15, 0.2) is 35.3 Å². The van der Waals surface area contributed by atoms with Crippen LogP contribution >= 0.6 is 0 Å². The first-order valence-electron chi connectivity index (χ1n) is 5.31. The van der Waals surface area contributed by atoms with Crippen molar-refractivity contribution in [3.8, 4) is 0 Å². The highest BCUT2D eigenvalue weighted by molar-refractivity contribution is 5.81. The molecule has 2 atom stereocenters. The van der Waals surface area contributed by atoms with E-state index in [9.17, 15) is 15.0 Å². The van der Waals surface area contributed by atoms with Crippen LogP contribution < -0.4 is 11.2 Å². The molecule has 0 spiro atoms. The number of H-pyrrole nitrogens is 1. The number of benzene rings is 1. The molecule has 0 aliphatic carbocycles. The van der Waals surface area contributed by atoms with Crippen LogP contribution in [0.3, 0.4) is 0 Å². The van der Waals surface area contributed by atoms with Gasteiger partial charge in [0.1, 0.15) is 6.10 Å². The molecule has 0 radical (unpaired) electrons. The minimum Gasteiger partial charge on any atom is -0.389 e. The van der Waals surface area contributed by atoms with Crippen LogP contribution in [0, 0.1) is 0 Å². The van der Waals surface area contributed by atoms with Crippen molar-refractivity contribution in [2.24, 2.45) is 5.73 Å². The zero-order valence-electron chi connectivity index (χ0n) is 9.13. The lowest BCUT2D eigenvalue weighted by atomic mass is 10.0. The average Bonchev–Trinajstić information content (AvgIpc) is 2.37. The second-order valence-electron chi connectivity index (χ2n) is 3.86. The molecule has 0 saturated heterocycles. The lowest BCUT2D eigenvalue weighted by Crippen LogP contribution is -2.27. The van der Waals surface area contributed by atoms with Crippen LogP contribution in [0.5, 0.6) is 0 Å². The lowest BCUT2D eigenvalue weighted by Gasteiger charge is -2.17. The van der Waals surface area contributed by atoms with Crippen molar-refractivity contribution in [3.63, 3.8) is 0 Å². The molecule has 1 heterocycles. The number of aliphatic hydroxyl groups excluding tert-OH is 2. The van der Waals surface area contributed by atoms with Gasteiger partial charge in [0.2, 0.25) is 0 Å². The van der Waals surface area contributed by atoms with E-state index in [4.69, 9.17) is 5.73 Å². The van der Waals surface area contributed by atoms with Gasteiger partial charge in [-0.3, -0.25) is 4.79 Å². The molecule has 0 amide bonds. The Hall–Kier alpha value is -1.69. The van der Waals surface area contributed by atoms with Gasteiger partial charge < -0.3 is 20.9 Å². The Kier molecular flexibility index (Phi) is 3.23. The molecule has 5 nitrogen and oxygen atoms in total. The summed E-state index contributed by atoms with van der Waals surface area (Å²) in [4.78, 5) is 14.5. The Labute approximate surface area is 97.5 Å². The van der Waals surface area contributed by atoms with E-state index < -0.39 is 12.2 Å². The number of nitrogens with two attached hydrogens (primary N) is 1. The highest BCUT2D eigenvalue weighted by Gasteiger charge is 2.19. The molecule has 1 aromatic carbocycles. The van der Waals surface area contributed by atoms with E-state index in [1.807, 2.05) is 0 Å². The summed E-state index contributed by atoms with van der Waals surface area (Å²) < 4.78 is 0. The van der Waals surface area contributed by atoms with E-state index in [-0.39, 0.29) is 12.0 Å². The van der Waals surface area contributed by atoms with Crippen LogP contribution in [0.25, 0.3) is 10.9 Å². The number of aromatic nitrogens is 1. The third-order valence-corrected chi connectivity index (χ3v) is 2.75. The smallest absolute Gasteiger partial charge is 0.189 e. The number of nitrogens with one attached hydrogen (secondary N) is 1. The highest BCUT2D eigenvalue weighted by atomic mass is 16.3. The largest absolute Gasteiger partial charge is 0.389 e. The number of para-hydroxylation sites is 1. The molecule has 5 N–H and O–H groups in total. The van der Waals surface area contributed by atoms with E-state index in [1.54, 1.807) is 18.2 Å². The number of rotatable bonds is 3. The molecule has 0 bridgehead atoms. The molecule has 0 aliphatic heterocycles. The first-order valence-corrected chi connectivity index (χ1v) is 5.31. The van der Waals surface area contributed by atoms with E-state index in [0.717, 1.165) is 0 Å². The zero-order chi connectivity index (χ0) is 12.4. The Morgan fingerprint density at radius 1 is 1.29 bits per heavy atom. The second-order valence-corrected chi connectivity index (χ2v) is 3.86. The number of hydrogen-bond donors (Lipinski definition) is 4. The Morgan fingerprint density at radius 2 is 2.06 bits per heavy atom. The Bertz CT molecular complexity index is 579. The summed E-state index contributed by atoms with van der Waals surface area (Å²) in [5.41, 5.74) is 6.17. The third-order valence-electron chi connectivity index (χ3n) is 2.75. The van der Waals surface area contributed by atoms with Crippen LogP contribution in [0.4, 0.5) is 0 Å². The predicted octanol–water partition coefficient (Wildman–Crippen LogP) is -0.119. The highest BCUT2D eigenvalue weighted by Crippen LogP contribution is 2.22. The summed E-state index contributed by atoms with van der Waals surface area (Å²) in [5, 5.41) is 19.9. The summed E-state index contributed by atoms with van der Waals surface area (Å²) in [5.74, 6) is 0. The molecule has 0 aliphatic rings. The molecule has 2 unspecified atom stereocenters. The van der Waals surface area contributed by atoms with E-state index in [1.165, 1.54) is 12.3 Å². The number of hydrogen-bond acceptors (Lipinski definition) is 4. The fourth-order valence-corrected chi connectivity index (χ4v) is 1.81. The molecule has 1 aromatic heterocycles. The molecule has 0 saturated carbocycles. The van der Waals surface area contributed by atoms with Gasteiger partial charge in [-0.05, 0) is 6.07 Å². The minimum absolute atomic E-state index is 0.0470. The monoisotopic (exact) mass is 234 g/mol. The maximum absolute atomic E-state index is 11.6. The van der Waals surface area contributed by atoms with Crippen molar-refractivity contribution in [3.05, 3.63) is 46.2 Å². The minimum atomic E-state index is -1.11. The molecule has 17 heavy (non-hydrogen) atoms. The number of aromatic amines is 1. The summed E-state index contributed by atoms with van der Waals surface area (Å²) in [6.45, 7) is -0.0470. The van der Waals surface area contributed by atoms with Gasteiger partial charge >= 0.3 is 0 Å². The van der Waals surface area contributed by atoms with Gasteiger partial charge in [0.05, 0.1) is 11.6 Å². The second kappa shape index (κ2) is 4.67. The molecular formula is C12H14N2O3. The van der Waals surface area contributed by atoms with Gasteiger partial charge in [-0.15, -0.1) is 0 Å². The van der Waals surface area contributed by atoms with Gasteiger partial charge in [-0.2, -0.15) is 0 Å². The number of pyridine rings is 1.